The highest BCUT2D eigenvalue weighted by atomic mass is 35.5. The lowest BCUT2D eigenvalue weighted by molar-refractivity contribution is 0.305. The van der Waals surface area contributed by atoms with Crippen LogP contribution < -0.4 is 4.74 Å². The molecule has 0 radical (unpaired) electrons. The van der Waals surface area contributed by atoms with E-state index in [1.54, 1.807) is 12.1 Å². The lowest BCUT2D eigenvalue weighted by Gasteiger charge is -2.10. The summed E-state index contributed by atoms with van der Waals surface area (Å²) in [6.45, 7) is 2.33. The maximum absolute atomic E-state index is 9.56. The average molecular weight is 311 g/mol. The molecule has 1 N–H and O–H groups in total. The van der Waals surface area contributed by atoms with Crippen molar-refractivity contribution >= 4 is 23.2 Å². The zero-order valence-electron chi connectivity index (χ0n) is 11.2. The van der Waals surface area contributed by atoms with E-state index < -0.39 is 0 Å². The van der Waals surface area contributed by atoms with Crippen molar-refractivity contribution in [1.82, 2.24) is 0 Å². The third-order valence-corrected chi connectivity index (χ3v) is 3.48. The van der Waals surface area contributed by atoms with Crippen LogP contribution in [0.5, 0.6) is 11.5 Å². The van der Waals surface area contributed by atoms with Gasteiger partial charge in [-0.1, -0.05) is 12.1 Å². The van der Waals surface area contributed by atoms with Gasteiger partial charge in [0.1, 0.15) is 18.1 Å². The van der Waals surface area contributed by atoms with E-state index in [1.807, 2.05) is 31.2 Å². The van der Waals surface area contributed by atoms with Crippen molar-refractivity contribution in [3.8, 4) is 11.5 Å². The second-order valence-electron chi connectivity index (χ2n) is 4.72. The van der Waals surface area contributed by atoms with Gasteiger partial charge < -0.3 is 9.84 Å². The Kier molecular flexibility index (Phi) is 5.16. The first-order valence-corrected chi connectivity index (χ1v) is 7.34. The molecule has 0 aliphatic rings. The zero-order chi connectivity index (χ0) is 14.5. The van der Waals surface area contributed by atoms with E-state index in [1.165, 1.54) is 0 Å². The summed E-state index contributed by atoms with van der Waals surface area (Å²) in [6, 6.07) is 11.2. The molecule has 0 unspecified atom stereocenters. The molecule has 2 aromatic rings. The topological polar surface area (TPSA) is 29.5 Å². The molecule has 0 heterocycles. The van der Waals surface area contributed by atoms with Crippen LogP contribution in [-0.2, 0) is 18.4 Å². The van der Waals surface area contributed by atoms with Gasteiger partial charge in [-0.05, 0) is 53.4 Å². The molecule has 0 fully saturated rings. The van der Waals surface area contributed by atoms with Gasteiger partial charge >= 0.3 is 0 Å². The van der Waals surface area contributed by atoms with Gasteiger partial charge in [-0.25, -0.2) is 0 Å². The Morgan fingerprint density at radius 3 is 2.10 bits per heavy atom. The highest BCUT2D eigenvalue weighted by molar-refractivity contribution is 6.17. The minimum atomic E-state index is 0.250. The molecule has 0 bridgehead atoms. The van der Waals surface area contributed by atoms with Crippen LogP contribution in [0.1, 0.15) is 22.3 Å². The molecule has 2 rings (SSSR count). The summed E-state index contributed by atoms with van der Waals surface area (Å²) >= 11 is 11.7. The third-order valence-electron chi connectivity index (χ3n) is 2.86. The van der Waals surface area contributed by atoms with Gasteiger partial charge in [-0.2, -0.15) is 0 Å². The molecule has 4 heteroatoms. The molecule has 2 nitrogen and oxygen atoms in total. The van der Waals surface area contributed by atoms with E-state index in [-0.39, 0.29) is 5.75 Å². The Morgan fingerprint density at radius 1 is 0.900 bits per heavy atom. The minimum absolute atomic E-state index is 0.250. The van der Waals surface area contributed by atoms with Crippen molar-refractivity contribution in [1.29, 1.82) is 0 Å². The highest BCUT2D eigenvalue weighted by Crippen LogP contribution is 2.22. The first-order valence-electron chi connectivity index (χ1n) is 6.28. The average Bonchev–Trinajstić information content (AvgIpc) is 2.43. The first kappa shape index (κ1) is 15.0. The summed E-state index contributed by atoms with van der Waals surface area (Å²) in [5, 5.41) is 9.56. The molecule has 0 spiro atoms. The Bertz CT molecular complexity index is 555. The van der Waals surface area contributed by atoms with Crippen LogP contribution in [0.2, 0.25) is 0 Å². The molecule has 106 valence electrons. The summed E-state index contributed by atoms with van der Waals surface area (Å²) in [4.78, 5) is 0. The molecular formula is C16H16Cl2O2. The van der Waals surface area contributed by atoms with Crippen molar-refractivity contribution in [3.63, 3.8) is 0 Å². The maximum atomic E-state index is 9.56. The number of rotatable bonds is 5. The van der Waals surface area contributed by atoms with E-state index in [0.29, 0.717) is 18.4 Å². The van der Waals surface area contributed by atoms with Crippen LogP contribution in [0.15, 0.2) is 36.4 Å². The van der Waals surface area contributed by atoms with Gasteiger partial charge in [-0.15, -0.1) is 23.2 Å². The minimum Gasteiger partial charge on any atom is -0.508 e. The summed E-state index contributed by atoms with van der Waals surface area (Å²) in [7, 11) is 0. The molecule has 0 saturated heterocycles. The largest absolute Gasteiger partial charge is 0.508 e. The Hall–Kier alpha value is -1.38. The number of ether oxygens (including phenoxy) is 1. The summed E-state index contributed by atoms with van der Waals surface area (Å²) in [5.41, 5.74) is 3.88. The van der Waals surface area contributed by atoms with Crippen molar-refractivity contribution in [2.45, 2.75) is 25.3 Å². The zero-order valence-corrected chi connectivity index (χ0v) is 12.7. The number of hydrogen-bond donors (Lipinski definition) is 1. The van der Waals surface area contributed by atoms with Gasteiger partial charge in [0.05, 0.1) is 0 Å². The van der Waals surface area contributed by atoms with Crippen LogP contribution >= 0.6 is 23.2 Å². The van der Waals surface area contributed by atoms with E-state index in [9.17, 15) is 5.11 Å². The molecule has 0 amide bonds. The predicted octanol–water partition coefficient (Wildman–Crippen LogP) is 4.76. The SMILES string of the molecule is Cc1cc(O)cc(COc2cc(CCl)cc(CCl)c2)c1. The van der Waals surface area contributed by atoms with E-state index >= 15 is 0 Å². The smallest absolute Gasteiger partial charge is 0.120 e. The Labute approximate surface area is 128 Å². The molecule has 0 aromatic heterocycles. The standard InChI is InChI=1S/C16H16Cl2O2/c1-11-2-14(5-15(19)3-11)10-20-16-6-12(8-17)4-13(7-16)9-18/h2-7,19H,8-10H2,1H3. The number of hydrogen-bond acceptors (Lipinski definition) is 2. The maximum Gasteiger partial charge on any atom is 0.120 e. The Balaban J connectivity index is 2.13. The van der Waals surface area contributed by atoms with Crippen LogP contribution in [0.4, 0.5) is 0 Å². The number of phenols is 1. The second-order valence-corrected chi connectivity index (χ2v) is 5.25. The van der Waals surface area contributed by atoms with E-state index in [0.717, 1.165) is 28.0 Å². The van der Waals surface area contributed by atoms with Crippen LogP contribution in [-0.4, -0.2) is 5.11 Å². The molecule has 0 saturated carbocycles. The number of aromatic hydroxyl groups is 1. The van der Waals surface area contributed by atoms with Crippen molar-refractivity contribution in [2.75, 3.05) is 0 Å². The van der Waals surface area contributed by atoms with Gasteiger partial charge in [0.15, 0.2) is 0 Å². The van der Waals surface area contributed by atoms with Crippen molar-refractivity contribution < 1.29 is 9.84 Å². The highest BCUT2D eigenvalue weighted by Gasteiger charge is 2.03. The van der Waals surface area contributed by atoms with Crippen LogP contribution in [0.3, 0.4) is 0 Å². The fourth-order valence-corrected chi connectivity index (χ4v) is 2.37. The lowest BCUT2D eigenvalue weighted by Crippen LogP contribution is -1.97. The molecular weight excluding hydrogens is 295 g/mol. The molecule has 0 aliphatic carbocycles. The van der Waals surface area contributed by atoms with E-state index in [4.69, 9.17) is 27.9 Å². The summed E-state index contributed by atoms with van der Waals surface area (Å²) in [5.74, 6) is 1.83. The van der Waals surface area contributed by atoms with Crippen molar-refractivity contribution in [3.05, 3.63) is 58.7 Å². The quantitative estimate of drug-likeness (QED) is 0.807. The number of aryl methyl sites for hydroxylation is 1. The fourth-order valence-electron chi connectivity index (χ4n) is 2.06. The number of benzene rings is 2. The number of alkyl halides is 2. The monoisotopic (exact) mass is 310 g/mol. The summed E-state index contributed by atoms with van der Waals surface area (Å²) in [6.07, 6.45) is 0. The molecule has 0 atom stereocenters. The van der Waals surface area contributed by atoms with Gasteiger partial charge in [-0.3, -0.25) is 0 Å². The first-order chi connectivity index (χ1) is 9.60. The molecule has 0 aliphatic heterocycles. The normalized spacial score (nSPS) is 10.6. The fraction of sp³-hybridized carbons (Fsp3) is 0.250. The van der Waals surface area contributed by atoms with Crippen LogP contribution in [0, 0.1) is 6.92 Å². The van der Waals surface area contributed by atoms with Crippen molar-refractivity contribution in [2.24, 2.45) is 0 Å². The molecule has 20 heavy (non-hydrogen) atoms. The van der Waals surface area contributed by atoms with Gasteiger partial charge in [0, 0.05) is 11.8 Å². The van der Waals surface area contributed by atoms with Gasteiger partial charge in [0.25, 0.3) is 0 Å². The van der Waals surface area contributed by atoms with Crippen LogP contribution in [0.25, 0.3) is 0 Å². The number of halogens is 2. The van der Waals surface area contributed by atoms with E-state index in [2.05, 4.69) is 0 Å². The third kappa shape index (κ3) is 4.06. The summed E-state index contributed by atoms with van der Waals surface area (Å²) < 4.78 is 5.76. The predicted molar refractivity (Wildman–Crippen MR) is 82.7 cm³/mol. The molecule has 2 aromatic carbocycles. The number of phenolic OH excluding ortho intramolecular Hbond substituents is 1. The second kappa shape index (κ2) is 6.87. The van der Waals surface area contributed by atoms with Gasteiger partial charge in [0.2, 0.25) is 0 Å². The lowest BCUT2D eigenvalue weighted by atomic mass is 10.1. The Morgan fingerprint density at radius 2 is 1.55 bits per heavy atom.